The van der Waals surface area contributed by atoms with Crippen molar-refractivity contribution in [2.75, 3.05) is 6.54 Å². The lowest BCUT2D eigenvalue weighted by Crippen LogP contribution is -2.40. The molecule has 1 aliphatic rings. The Kier molecular flexibility index (Phi) is 4.02. The van der Waals surface area contributed by atoms with Crippen LogP contribution in [0.5, 0.6) is 0 Å². The molecule has 1 unspecified atom stereocenters. The summed E-state index contributed by atoms with van der Waals surface area (Å²) in [6, 6.07) is 10.3. The van der Waals surface area contributed by atoms with E-state index in [4.69, 9.17) is 5.73 Å². The van der Waals surface area contributed by atoms with Crippen LogP contribution < -0.4 is 11.1 Å². The monoisotopic (exact) mass is 246 g/mol. The molecule has 1 saturated carbocycles. The zero-order valence-electron chi connectivity index (χ0n) is 11.0. The van der Waals surface area contributed by atoms with Crippen LogP contribution in [-0.4, -0.2) is 18.5 Å². The largest absolute Gasteiger partial charge is 0.353 e. The van der Waals surface area contributed by atoms with Crippen LogP contribution in [0.25, 0.3) is 0 Å². The molecule has 1 aliphatic carbocycles. The number of rotatable bonds is 6. The Morgan fingerprint density at radius 2 is 2.06 bits per heavy atom. The molecule has 0 aliphatic heterocycles. The molecule has 1 aromatic carbocycles. The molecule has 3 heteroatoms. The van der Waals surface area contributed by atoms with Crippen LogP contribution in [0.3, 0.4) is 0 Å². The van der Waals surface area contributed by atoms with Gasteiger partial charge in [0.1, 0.15) is 0 Å². The quantitative estimate of drug-likeness (QED) is 0.806. The van der Waals surface area contributed by atoms with E-state index in [1.807, 2.05) is 18.2 Å². The minimum absolute atomic E-state index is 0.179. The molecule has 1 aromatic rings. The number of nitrogens with one attached hydrogen (secondary N) is 1. The van der Waals surface area contributed by atoms with Crippen LogP contribution in [0.4, 0.5) is 0 Å². The fourth-order valence-corrected chi connectivity index (χ4v) is 2.39. The van der Waals surface area contributed by atoms with Gasteiger partial charge in [0.15, 0.2) is 0 Å². The molecule has 1 amide bonds. The highest BCUT2D eigenvalue weighted by Crippen LogP contribution is 2.48. The predicted molar refractivity (Wildman–Crippen MR) is 73.2 cm³/mol. The molecule has 98 valence electrons. The third-order valence-electron chi connectivity index (χ3n) is 3.73. The van der Waals surface area contributed by atoms with Gasteiger partial charge in [0.2, 0.25) is 5.91 Å². The van der Waals surface area contributed by atoms with E-state index in [9.17, 15) is 4.79 Å². The topological polar surface area (TPSA) is 55.1 Å². The van der Waals surface area contributed by atoms with Gasteiger partial charge in [-0.05, 0) is 44.7 Å². The Morgan fingerprint density at radius 1 is 1.39 bits per heavy atom. The molecule has 1 fully saturated rings. The average Bonchev–Trinajstić information content (AvgIpc) is 3.19. The highest BCUT2D eigenvalue weighted by molar-refractivity contribution is 5.91. The van der Waals surface area contributed by atoms with Crippen molar-refractivity contribution in [2.45, 2.75) is 44.1 Å². The number of hydrogen-bond donors (Lipinski definition) is 2. The summed E-state index contributed by atoms with van der Waals surface area (Å²) in [7, 11) is 0. The van der Waals surface area contributed by atoms with Gasteiger partial charge in [-0.3, -0.25) is 4.79 Å². The summed E-state index contributed by atoms with van der Waals surface area (Å²) in [4.78, 5) is 12.4. The summed E-state index contributed by atoms with van der Waals surface area (Å²) in [6.45, 7) is 2.73. The lowest BCUT2D eigenvalue weighted by Gasteiger charge is -2.20. The second kappa shape index (κ2) is 5.53. The van der Waals surface area contributed by atoms with E-state index in [0.29, 0.717) is 6.54 Å². The fourth-order valence-electron chi connectivity index (χ4n) is 2.39. The SMILES string of the molecule is CC(CCCN)NC(=O)C1(c2ccccc2)CC1. The Morgan fingerprint density at radius 3 is 2.61 bits per heavy atom. The van der Waals surface area contributed by atoms with Crippen molar-refractivity contribution in [3.63, 3.8) is 0 Å². The first kappa shape index (κ1) is 13.1. The molecule has 18 heavy (non-hydrogen) atoms. The van der Waals surface area contributed by atoms with Gasteiger partial charge >= 0.3 is 0 Å². The first-order valence-corrected chi connectivity index (χ1v) is 6.75. The normalized spacial score (nSPS) is 18.1. The summed E-state index contributed by atoms with van der Waals surface area (Å²) in [6.07, 6.45) is 3.84. The van der Waals surface area contributed by atoms with Crippen molar-refractivity contribution in [1.82, 2.24) is 5.32 Å². The summed E-state index contributed by atoms with van der Waals surface area (Å²) < 4.78 is 0. The maximum absolute atomic E-state index is 12.4. The highest BCUT2D eigenvalue weighted by Gasteiger charge is 2.51. The molecule has 3 nitrogen and oxygen atoms in total. The van der Waals surface area contributed by atoms with Crippen LogP contribution in [0.15, 0.2) is 30.3 Å². The van der Waals surface area contributed by atoms with Crippen molar-refractivity contribution < 1.29 is 4.79 Å². The van der Waals surface area contributed by atoms with Gasteiger partial charge in [-0.1, -0.05) is 30.3 Å². The molecule has 0 heterocycles. The molecule has 2 rings (SSSR count). The van der Waals surface area contributed by atoms with E-state index >= 15 is 0 Å². The van der Waals surface area contributed by atoms with Crippen molar-refractivity contribution in [2.24, 2.45) is 5.73 Å². The number of carbonyl (C=O) groups is 1. The second-order valence-corrected chi connectivity index (χ2v) is 5.25. The van der Waals surface area contributed by atoms with Gasteiger partial charge in [-0.25, -0.2) is 0 Å². The fraction of sp³-hybridized carbons (Fsp3) is 0.533. The van der Waals surface area contributed by atoms with Crippen molar-refractivity contribution >= 4 is 5.91 Å². The summed E-state index contributed by atoms with van der Waals surface area (Å²) >= 11 is 0. The van der Waals surface area contributed by atoms with E-state index in [2.05, 4.69) is 24.4 Å². The number of hydrogen-bond acceptors (Lipinski definition) is 2. The van der Waals surface area contributed by atoms with Gasteiger partial charge in [0.25, 0.3) is 0 Å². The smallest absolute Gasteiger partial charge is 0.230 e. The van der Waals surface area contributed by atoms with Crippen LogP contribution in [0, 0.1) is 0 Å². The lowest BCUT2D eigenvalue weighted by atomic mass is 9.94. The Bertz CT molecular complexity index is 398. The Labute approximate surface area is 109 Å². The van der Waals surface area contributed by atoms with E-state index in [1.165, 1.54) is 0 Å². The molecule has 3 N–H and O–H groups in total. The lowest BCUT2D eigenvalue weighted by molar-refractivity contribution is -0.124. The highest BCUT2D eigenvalue weighted by atomic mass is 16.2. The van der Waals surface area contributed by atoms with Gasteiger partial charge in [0.05, 0.1) is 5.41 Å². The summed E-state index contributed by atoms with van der Waals surface area (Å²) in [5, 5.41) is 3.12. The van der Waals surface area contributed by atoms with Gasteiger partial charge < -0.3 is 11.1 Å². The molecular weight excluding hydrogens is 224 g/mol. The first-order chi connectivity index (χ1) is 8.69. The van der Waals surface area contributed by atoms with Crippen molar-refractivity contribution in [3.8, 4) is 0 Å². The molecular formula is C15H22N2O. The number of benzene rings is 1. The number of nitrogens with two attached hydrogens (primary N) is 1. The van der Waals surface area contributed by atoms with E-state index in [-0.39, 0.29) is 17.4 Å². The summed E-state index contributed by atoms with van der Waals surface area (Å²) in [5.74, 6) is 0.179. The maximum atomic E-state index is 12.4. The molecule has 0 aromatic heterocycles. The second-order valence-electron chi connectivity index (χ2n) is 5.25. The molecule has 0 bridgehead atoms. The van der Waals surface area contributed by atoms with E-state index in [0.717, 1.165) is 31.2 Å². The third kappa shape index (κ3) is 2.72. The van der Waals surface area contributed by atoms with Gasteiger partial charge in [-0.2, -0.15) is 0 Å². The van der Waals surface area contributed by atoms with Crippen molar-refractivity contribution in [3.05, 3.63) is 35.9 Å². The summed E-state index contributed by atoms with van der Waals surface area (Å²) in [5.41, 5.74) is 6.38. The number of carbonyl (C=O) groups excluding carboxylic acids is 1. The van der Waals surface area contributed by atoms with E-state index in [1.54, 1.807) is 0 Å². The third-order valence-corrected chi connectivity index (χ3v) is 3.73. The van der Waals surface area contributed by atoms with Gasteiger partial charge in [-0.15, -0.1) is 0 Å². The maximum Gasteiger partial charge on any atom is 0.230 e. The Balaban J connectivity index is 1.97. The first-order valence-electron chi connectivity index (χ1n) is 6.75. The average molecular weight is 246 g/mol. The minimum Gasteiger partial charge on any atom is -0.353 e. The zero-order valence-corrected chi connectivity index (χ0v) is 11.0. The van der Waals surface area contributed by atoms with Gasteiger partial charge in [0, 0.05) is 6.04 Å². The van der Waals surface area contributed by atoms with Crippen LogP contribution in [0.1, 0.15) is 38.2 Å². The van der Waals surface area contributed by atoms with Crippen molar-refractivity contribution in [1.29, 1.82) is 0 Å². The van der Waals surface area contributed by atoms with Crippen LogP contribution in [0.2, 0.25) is 0 Å². The molecule has 0 radical (unpaired) electrons. The number of amides is 1. The zero-order chi connectivity index (χ0) is 13.0. The predicted octanol–water partition coefficient (Wildman–Crippen LogP) is 1.96. The minimum atomic E-state index is -0.252. The molecule has 1 atom stereocenters. The Hall–Kier alpha value is -1.35. The standard InChI is InChI=1S/C15H22N2O/c1-12(6-5-11-16)17-14(18)15(9-10-15)13-7-3-2-4-8-13/h2-4,7-8,12H,5-6,9-11,16H2,1H3,(H,17,18). The van der Waals surface area contributed by atoms with Crippen LogP contribution in [-0.2, 0) is 10.2 Å². The molecule has 0 saturated heterocycles. The van der Waals surface area contributed by atoms with Crippen LogP contribution >= 0.6 is 0 Å². The van der Waals surface area contributed by atoms with E-state index < -0.39 is 0 Å². The molecule has 0 spiro atoms.